The van der Waals surface area contributed by atoms with Gasteiger partial charge in [-0.1, -0.05) is 34.1 Å². The molecule has 2 aromatic carbocycles. The number of halogens is 1. The van der Waals surface area contributed by atoms with Crippen LogP contribution in [0.25, 0.3) is 0 Å². The van der Waals surface area contributed by atoms with E-state index >= 15 is 0 Å². The van der Waals surface area contributed by atoms with Gasteiger partial charge in [0.15, 0.2) is 0 Å². The topological polar surface area (TPSA) is 93.1 Å². The molecule has 9 heteroatoms. The molecule has 0 bridgehead atoms. The highest BCUT2D eigenvalue weighted by atomic mass is 79.9. The second-order valence-electron chi connectivity index (χ2n) is 7.80. The van der Waals surface area contributed by atoms with E-state index in [1.54, 1.807) is 37.7 Å². The van der Waals surface area contributed by atoms with Crippen LogP contribution in [0.2, 0.25) is 0 Å². The van der Waals surface area contributed by atoms with Crippen molar-refractivity contribution in [2.45, 2.75) is 37.8 Å². The van der Waals surface area contributed by atoms with Gasteiger partial charge in [0, 0.05) is 21.6 Å². The second kappa shape index (κ2) is 8.71. The Balaban J connectivity index is 1.73. The number of nitrogens with zero attached hydrogens (tertiary/aromatic N) is 2. The molecular weight excluding hydrogens is 468 g/mol. The lowest BCUT2D eigenvalue weighted by molar-refractivity contribution is 0.102. The van der Waals surface area contributed by atoms with Crippen LogP contribution in [0.1, 0.15) is 36.7 Å². The molecule has 0 radical (unpaired) electrons. The van der Waals surface area contributed by atoms with E-state index in [0.29, 0.717) is 17.9 Å². The lowest BCUT2D eigenvalue weighted by Crippen LogP contribution is -2.40. The molecule has 0 aliphatic rings. The number of hydrogen-bond acceptors (Lipinski definition) is 4. The largest absolute Gasteiger partial charge is 0.307 e. The van der Waals surface area contributed by atoms with E-state index in [1.807, 2.05) is 24.3 Å². The van der Waals surface area contributed by atoms with Gasteiger partial charge in [-0.2, -0.15) is 5.10 Å². The van der Waals surface area contributed by atoms with Crippen LogP contribution >= 0.6 is 15.9 Å². The van der Waals surface area contributed by atoms with E-state index in [4.69, 9.17) is 0 Å². The van der Waals surface area contributed by atoms with Gasteiger partial charge in [-0.3, -0.25) is 4.79 Å². The Morgan fingerprint density at radius 3 is 2.37 bits per heavy atom. The van der Waals surface area contributed by atoms with Crippen molar-refractivity contribution in [3.8, 4) is 0 Å². The van der Waals surface area contributed by atoms with Crippen molar-refractivity contribution in [1.29, 1.82) is 0 Å². The van der Waals surface area contributed by atoms with E-state index in [2.05, 4.69) is 31.1 Å². The second-order valence-corrected chi connectivity index (χ2v) is 10.3. The van der Waals surface area contributed by atoms with Crippen LogP contribution < -0.4 is 10.0 Å². The lowest BCUT2D eigenvalue weighted by atomic mass is 10.1. The fourth-order valence-corrected chi connectivity index (χ4v) is 4.62. The molecule has 2 N–H and O–H groups in total. The van der Waals surface area contributed by atoms with Crippen molar-refractivity contribution >= 4 is 37.7 Å². The minimum absolute atomic E-state index is 0.105. The number of aromatic nitrogens is 2. The summed E-state index contributed by atoms with van der Waals surface area (Å²) in [6, 6.07) is 15.3. The van der Waals surface area contributed by atoms with E-state index in [1.165, 1.54) is 24.3 Å². The molecule has 0 aliphatic carbocycles. The normalized spacial score (nSPS) is 12.0. The predicted molar refractivity (Wildman–Crippen MR) is 120 cm³/mol. The van der Waals surface area contributed by atoms with Gasteiger partial charge in [-0.25, -0.2) is 17.8 Å². The minimum Gasteiger partial charge on any atom is -0.307 e. The first-order chi connectivity index (χ1) is 14.0. The summed E-state index contributed by atoms with van der Waals surface area (Å²) in [5.41, 5.74) is 0.775. The fourth-order valence-electron chi connectivity index (χ4n) is 2.79. The average Bonchev–Trinajstić information content (AvgIpc) is 3.08. The quantitative estimate of drug-likeness (QED) is 0.545. The third-order valence-electron chi connectivity index (χ3n) is 4.10. The molecule has 0 fully saturated rings. The summed E-state index contributed by atoms with van der Waals surface area (Å²) in [6.45, 7) is 5.79. The molecule has 3 aromatic rings. The lowest BCUT2D eigenvalue weighted by Gasteiger charge is -2.20. The molecule has 1 aromatic heterocycles. The maximum atomic E-state index is 12.6. The number of amides is 1. The summed E-state index contributed by atoms with van der Waals surface area (Å²) in [7, 11) is -3.66. The number of hydrogen-bond donors (Lipinski definition) is 2. The minimum atomic E-state index is -3.66. The first kappa shape index (κ1) is 22.2. The van der Waals surface area contributed by atoms with Crippen molar-refractivity contribution in [3.63, 3.8) is 0 Å². The van der Waals surface area contributed by atoms with Gasteiger partial charge in [0.05, 0.1) is 17.6 Å². The molecule has 0 atom stereocenters. The van der Waals surface area contributed by atoms with Crippen LogP contribution in [-0.4, -0.2) is 29.6 Å². The number of anilines is 1. The summed E-state index contributed by atoms with van der Waals surface area (Å²) >= 11 is 3.51. The van der Waals surface area contributed by atoms with Crippen molar-refractivity contribution in [2.75, 3.05) is 5.32 Å². The molecule has 7 nitrogen and oxygen atoms in total. The zero-order chi connectivity index (χ0) is 21.9. The zero-order valence-corrected chi connectivity index (χ0v) is 19.3. The van der Waals surface area contributed by atoms with Crippen LogP contribution in [0.3, 0.4) is 0 Å². The molecule has 0 unspecified atom stereocenters. The van der Waals surface area contributed by atoms with Gasteiger partial charge < -0.3 is 5.32 Å². The van der Waals surface area contributed by atoms with E-state index in [-0.39, 0.29) is 10.8 Å². The van der Waals surface area contributed by atoms with Crippen LogP contribution in [0.5, 0.6) is 0 Å². The predicted octanol–water partition coefficient (Wildman–Crippen LogP) is 4.02. The van der Waals surface area contributed by atoms with Crippen molar-refractivity contribution in [2.24, 2.45) is 0 Å². The Labute approximate surface area is 184 Å². The number of carbonyl (C=O) groups excluding carboxylic acids is 1. The highest BCUT2D eigenvalue weighted by Crippen LogP contribution is 2.19. The summed E-state index contributed by atoms with van der Waals surface area (Å²) in [5, 5.41) is 7.10. The van der Waals surface area contributed by atoms with Gasteiger partial charge in [0.2, 0.25) is 10.0 Å². The number of rotatable bonds is 6. The molecule has 1 amide bonds. The summed E-state index contributed by atoms with van der Waals surface area (Å²) in [4.78, 5) is 12.8. The van der Waals surface area contributed by atoms with Gasteiger partial charge in [-0.15, -0.1) is 0 Å². The van der Waals surface area contributed by atoms with Gasteiger partial charge in [0.25, 0.3) is 5.91 Å². The fraction of sp³-hybridized carbons (Fsp3) is 0.238. The molecule has 158 valence electrons. The monoisotopic (exact) mass is 490 g/mol. The van der Waals surface area contributed by atoms with Crippen LogP contribution in [-0.2, 0) is 16.6 Å². The summed E-state index contributed by atoms with van der Waals surface area (Å²) in [6.07, 6.45) is 1.61. The molecule has 0 saturated carbocycles. The maximum absolute atomic E-state index is 12.6. The van der Waals surface area contributed by atoms with Gasteiger partial charge >= 0.3 is 0 Å². The van der Waals surface area contributed by atoms with Gasteiger partial charge in [-0.05, 0) is 56.7 Å². The van der Waals surface area contributed by atoms with Crippen molar-refractivity contribution in [3.05, 3.63) is 76.4 Å². The summed E-state index contributed by atoms with van der Waals surface area (Å²) in [5.74, 6) is 0.193. The number of nitrogens with one attached hydrogen (secondary N) is 2. The van der Waals surface area contributed by atoms with E-state index < -0.39 is 15.6 Å². The Bertz CT molecular complexity index is 1150. The third-order valence-corrected chi connectivity index (χ3v) is 6.65. The molecule has 3 rings (SSSR count). The van der Waals surface area contributed by atoms with E-state index in [9.17, 15) is 13.2 Å². The highest BCUT2D eigenvalue weighted by molar-refractivity contribution is 9.10. The number of carbonyl (C=O) groups is 1. The average molecular weight is 491 g/mol. The first-order valence-corrected chi connectivity index (χ1v) is 11.5. The highest BCUT2D eigenvalue weighted by Gasteiger charge is 2.22. The number of sulfonamides is 1. The molecular formula is C21H23BrN4O3S. The van der Waals surface area contributed by atoms with Crippen LogP contribution in [0.15, 0.2) is 70.2 Å². The molecule has 1 heterocycles. The van der Waals surface area contributed by atoms with E-state index in [0.717, 1.165) is 10.0 Å². The molecule has 0 saturated heterocycles. The van der Waals surface area contributed by atoms with Crippen molar-refractivity contribution in [1.82, 2.24) is 14.5 Å². The Hall–Kier alpha value is -2.49. The molecule has 0 spiro atoms. The molecule has 0 aliphatic heterocycles. The maximum Gasteiger partial charge on any atom is 0.256 e. The SMILES string of the molecule is CC(C)(C)NS(=O)(=O)c1ccc(C(=O)Nc2ccnn2Cc2ccccc2Br)cc1. The Morgan fingerprint density at radius 2 is 1.73 bits per heavy atom. The zero-order valence-electron chi connectivity index (χ0n) is 16.9. The van der Waals surface area contributed by atoms with Gasteiger partial charge in [0.1, 0.15) is 5.82 Å². The van der Waals surface area contributed by atoms with Crippen molar-refractivity contribution < 1.29 is 13.2 Å². The van der Waals surface area contributed by atoms with Crippen LogP contribution in [0.4, 0.5) is 5.82 Å². The first-order valence-electron chi connectivity index (χ1n) is 9.26. The Kier molecular flexibility index (Phi) is 6.44. The standard InChI is InChI=1S/C21H23BrN4O3S/c1-21(2,3)25-30(28,29)17-10-8-15(9-11-17)20(27)24-19-12-13-23-26(19)14-16-6-4-5-7-18(16)22/h4-13,25H,14H2,1-3H3,(H,24,27). The third kappa shape index (κ3) is 5.56. The molecule has 30 heavy (non-hydrogen) atoms. The number of benzene rings is 2. The Morgan fingerprint density at radius 1 is 1.07 bits per heavy atom. The smallest absolute Gasteiger partial charge is 0.256 e. The van der Waals surface area contributed by atoms with Crippen LogP contribution in [0, 0.1) is 0 Å². The summed E-state index contributed by atoms with van der Waals surface area (Å²) < 4.78 is 30.0.